The monoisotopic (exact) mass is 486 g/mol. The summed E-state index contributed by atoms with van der Waals surface area (Å²) < 4.78 is 17.9. The van der Waals surface area contributed by atoms with Crippen LogP contribution in [0, 0.1) is 0 Å². The molecule has 0 saturated carbocycles. The van der Waals surface area contributed by atoms with Crippen molar-refractivity contribution >= 4 is 23.6 Å². The lowest BCUT2D eigenvalue weighted by Crippen LogP contribution is -2.26. The standard InChI is InChI=1S/C27H26N4O5/c1-31-26(27(33)28-16-22-9-6-14-35-22)23(17-29-31)30-25(32)13-11-19-10-12-24(34-2)20(15-19)18-36-21-7-4-3-5-8-21/h3-15,17H,16,18H2,1-2H3,(H,28,33)(H,30,32)/b13-11+. The minimum absolute atomic E-state index is 0.220. The third-order valence-corrected chi connectivity index (χ3v) is 5.28. The molecule has 0 aliphatic heterocycles. The van der Waals surface area contributed by atoms with E-state index in [-0.39, 0.29) is 18.1 Å². The molecule has 0 saturated heterocycles. The molecule has 2 N–H and O–H groups in total. The van der Waals surface area contributed by atoms with E-state index in [0.29, 0.717) is 23.8 Å². The zero-order valence-electron chi connectivity index (χ0n) is 19.9. The van der Waals surface area contributed by atoms with Crippen LogP contribution in [0.4, 0.5) is 5.69 Å². The van der Waals surface area contributed by atoms with Crippen molar-refractivity contribution in [1.29, 1.82) is 0 Å². The van der Waals surface area contributed by atoms with Gasteiger partial charge in [0.05, 0.1) is 31.8 Å². The molecule has 0 aliphatic rings. The van der Waals surface area contributed by atoms with Gasteiger partial charge < -0.3 is 24.5 Å². The summed E-state index contributed by atoms with van der Waals surface area (Å²) in [5.41, 5.74) is 2.16. The van der Waals surface area contributed by atoms with Crippen LogP contribution in [0.5, 0.6) is 11.5 Å². The molecule has 0 aliphatic carbocycles. The molecule has 9 nitrogen and oxygen atoms in total. The third kappa shape index (κ3) is 6.20. The molecule has 0 atom stereocenters. The second-order valence-electron chi connectivity index (χ2n) is 7.79. The number of hydrogen-bond acceptors (Lipinski definition) is 6. The van der Waals surface area contributed by atoms with Crippen LogP contribution in [0.15, 0.2) is 83.6 Å². The highest BCUT2D eigenvalue weighted by atomic mass is 16.5. The lowest BCUT2D eigenvalue weighted by atomic mass is 10.1. The normalized spacial score (nSPS) is 10.8. The topological polar surface area (TPSA) is 108 Å². The van der Waals surface area contributed by atoms with Gasteiger partial charge in [0, 0.05) is 18.7 Å². The molecule has 4 rings (SSSR count). The number of amides is 2. The molecule has 0 spiro atoms. The molecule has 9 heteroatoms. The summed E-state index contributed by atoms with van der Waals surface area (Å²) in [6, 6.07) is 18.5. The van der Waals surface area contributed by atoms with Gasteiger partial charge >= 0.3 is 0 Å². The van der Waals surface area contributed by atoms with Crippen molar-refractivity contribution < 1.29 is 23.5 Å². The summed E-state index contributed by atoms with van der Waals surface area (Å²) in [5.74, 6) is 1.27. The van der Waals surface area contributed by atoms with Crippen molar-refractivity contribution in [3.63, 3.8) is 0 Å². The number of carbonyl (C=O) groups is 2. The average molecular weight is 487 g/mol. The number of benzene rings is 2. The van der Waals surface area contributed by atoms with E-state index in [1.54, 1.807) is 32.4 Å². The van der Waals surface area contributed by atoms with E-state index in [1.165, 1.54) is 23.2 Å². The maximum Gasteiger partial charge on any atom is 0.272 e. The van der Waals surface area contributed by atoms with Gasteiger partial charge in [0.2, 0.25) is 5.91 Å². The molecule has 0 unspecified atom stereocenters. The summed E-state index contributed by atoms with van der Waals surface area (Å²) in [5, 5.41) is 9.57. The Hall–Kier alpha value is -4.79. The number of para-hydroxylation sites is 1. The van der Waals surface area contributed by atoms with Gasteiger partial charge in [0.15, 0.2) is 0 Å². The number of nitrogens with zero attached hydrogens (tertiary/aromatic N) is 2. The van der Waals surface area contributed by atoms with Gasteiger partial charge in [0.25, 0.3) is 5.91 Å². The first kappa shape index (κ1) is 24.3. The second kappa shape index (κ2) is 11.6. The number of furan rings is 1. The van der Waals surface area contributed by atoms with Crippen LogP contribution in [-0.4, -0.2) is 28.7 Å². The molecule has 4 aromatic rings. The molecule has 2 aromatic heterocycles. The summed E-state index contributed by atoms with van der Waals surface area (Å²) in [6.07, 6.45) is 6.03. The quantitative estimate of drug-likeness (QED) is 0.326. The van der Waals surface area contributed by atoms with Gasteiger partial charge in [-0.3, -0.25) is 14.3 Å². The predicted octanol–water partition coefficient (Wildman–Crippen LogP) is 4.18. The summed E-state index contributed by atoms with van der Waals surface area (Å²) in [4.78, 5) is 25.3. The lowest BCUT2D eigenvalue weighted by molar-refractivity contribution is -0.111. The smallest absolute Gasteiger partial charge is 0.272 e. The maximum absolute atomic E-state index is 12.7. The van der Waals surface area contributed by atoms with E-state index < -0.39 is 5.91 Å². The fourth-order valence-electron chi connectivity index (χ4n) is 3.50. The van der Waals surface area contributed by atoms with Gasteiger partial charge in [-0.2, -0.15) is 5.10 Å². The van der Waals surface area contributed by atoms with Crippen LogP contribution in [0.2, 0.25) is 0 Å². The Morgan fingerprint density at radius 1 is 1.11 bits per heavy atom. The van der Waals surface area contributed by atoms with Crippen molar-refractivity contribution in [2.45, 2.75) is 13.2 Å². The van der Waals surface area contributed by atoms with E-state index in [9.17, 15) is 9.59 Å². The first-order chi connectivity index (χ1) is 17.5. The number of aryl methyl sites for hydroxylation is 1. The molecule has 36 heavy (non-hydrogen) atoms. The number of aromatic nitrogens is 2. The van der Waals surface area contributed by atoms with Crippen LogP contribution in [0.1, 0.15) is 27.4 Å². The zero-order chi connectivity index (χ0) is 25.3. The van der Waals surface area contributed by atoms with E-state index in [2.05, 4.69) is 15.7 Å². The van der Waals surface area contributed by atoms with Crippen molar-refractivity contribution in [3.8, 4) is 11.5 Å². The van der Waals surface area contributed by atoms with Gasteiger partial charge in [-0.25, -0.2) is 0 Å². The van der Waals surface area contributed by atoms with E-state index in [4.69, 9.17) is 13.9 Å². The molecule has 2 amide bonds. The summed E-state index contributed by atoms with van der Waals surface area (Å²) >= 11 is 0. The highest BCUT2D eigenvalue weighted by Gasteiger charge is 2.18. The predicted molar refractivity (Wildman–Crippen MR) is 135 cm³/mol. The molecule has 2 aromatic carbocycles. The molecule has 184 valence electrons. The fourth-order valence-corrected chi connectivity index (χ4v) is 3.50. The Morgan fingerprint density at radius 3 is 2.69 bits per heavy atom. The number of anilines is 1. The van der Waals surface area contributed by atoms with E-state index >= 15 is 0 Å². The zero-order valence-corrected chi connectivity index (χ0v) is 19.9. The second-order valence-corrected chi connectivity index (χ2v) is 7.79. The van der Waals surface area contributed by atoms with Crippen molar-refractivity contribution in [2.75, 3.05) is 12.4 Å². The minimum Gasteiger partial charge on any atom is -0.496 e. The Balaban J connectivity index is 1.40. The summed E-state index contributed by atoms with van der Waals surface area (Å²) in [7, 11) is 3.23. The average Bonchev–Trinajstić information content (AvgIpc) is 3.55. The Bertz CT molecular complexity index is 1340. The lowest BCUT2D eigenvalue weighted by Gasteiger charge is -2.11. The van der Waals surface area contributed by atoms with Gasteiger partial charge in [-0.15, -0.1) is 0 Å². The molecule has 0 fully saturated rings. The Morgan fingerprint density at radius 2 is 1.94 bits per heavy atom. The maximum atomic E-state index is 12.7. The molecular weight excluding hydrogens is 460 g/mol. The van der Waals surface area contributed by atoms with Gasteiger partial charge in [-0.05, 0) is 48.0 Å². The van der Waals surface area contributed by atoms with Crippen molar-refractivity contribution in [1.82, 2.24) is 15.1 Å². The SMILES string of the molecule is COc1ccc(/C=C/C(=O)Nc2cnn(C)c2C(=O)NCc2ccco2)cc1COc1ccccc1. The van der Waals surface area contributed by atoms with E-state index in [0.717, 1.165) is 16.9 Å². The van der Waals surface area contributed by atoms with Crippen LogP contribution in [0.3, 0.4) is 0 Å². The number of rotatable bonds is 10. The van der Waals surface area contributed by atoms with Crippen LogP contribution in [-0.2, 0) is 25.0 Å². The van der Waals surface area contributed by atoms with Crippen LogP contribution < -0.4 is 20.1 Å². The van der Waals surface area contributed by atoms with Crippen molar-refractivity contribution in [2.24, 2.45) is 7.05 Å². The molecule has 2 heterocycles. The first-order valence-electron chi connectivity index (χ1n) is 11.2. The first-order valence-corrected chi connectivity index (χ1v) is 11.2. The van der Waals surface area contributed by atoms with E-state index in [1.807, 2.05) is 48.5 Å². The molecular formula is C27H26N4O5. The number of methoxy groups -OCH3 is 1. The van der Waals surface area contributed by atoms with Crippen molar-refractivity contribution in [3.05, 3.63) is 102 Å². The fraction of sp³-hybridized carbons (Fsp3) is 0.148. The highest BCUT2D eigenvalue weighted by molar-refractivity contribution is 6.06. The highest BCUT2D eigenvalue weighted by Crippen LogP contribution is 2.23. The number of ether oxygens (including phenoxy) is 2. The van der Waals surface area contributed by atoms with Gasteiger partial charge in [-0.1, -0.05) is 24.3 Å². The van der Waals surface area contributed by atoms with Gasteiger partial charge in [0.1, 0.15) is 29.6 Å². The largest absolute Gasteiger partial charge is 0.496 e. The number of nitrogens with one attached hydrogen (secondary N) is 2. The molecule has 0 radical (unpaired) electrons. The molecule has 0 bridgehead atoms. The Kier molecular flexibility index (Phi) is 7.82. The number of hydrogen-bond donors (Lipinski definition) is 2. The van der Waals surface area contributed by atoms with Crippen LogP contribution in [0.25, 0.3) is 6.08 Å². The number of carbonyl (C=O) groups excluding carboxylic acids is 2. The Labute approximate surface area is 208 Å². The minimum atomic E-state index is -0.402. The third-order valence-electron chi connectivity index (χ3n) is 5.28. The summed E-state index contributed by atoms with van der Waals surface area (Å²) in [6.45, 7) is 0.533. The van der Waals surface area contributed by atoms with Crippen LogP contribution >= 0.6 is 0 Å².